The molecule has 0 bridgehead atoms. The molecule has 0 saturated heterocycles. The molecule has 0 aliphatic carbocycles. The summed E-state index contributed by atoms with van der Waals surface area (Å²) in [7, 11) is 0. The Bertz CT molecular complexity index is 561. The Morgan fingerprint density at radius 1 is 1.25 bits per heavy atom. The molecule has 1 heterocycles. The van der Waals surface area contributed by atoms with Crippen molar-refractivity contribution in [1.29, 1.82) is 0 Å². The first-order chi connectivity index (χ1) is 9.79. The second kappa shape index (κ2) is 7.77. The van der Waals surface area contributed by atoms with Crippen LogP contribution in [0, 0.1) is 0 Å². The molecule has 0 N–H and O–H groups in total. The van der Waals surface area contributed by atoms with Gasteiger partial charge in [0, 0.05) is 23.0 Å². The summed E-state index contributed by atoms with van der Waals surface area (Å²) in [5.74, 6) is 0.148. The molecule has 1 aromatic carbocycles. The third-order valence-electron chi connectivity index (χ3n) is 2.44. The number of carbonyl (C=O) groups is 1. The van der Waals surface area contributed by atoms with Crippen LogP contribution in [0.4, 0.5) is 0 Å². The van der Waals surface area contributed by atoms with E-state index in [1.54, 1.807) is 48.4 Å². The lowest BCUT2D eigenvalue weighted by Crippen LogP contribution is -2.21. The number of esters is 1. The van der Waals surface area contributed by atoms with Gasteiger partial charge < -0.3 is 4.74 Å². The highest BCUT2D eigenvalue weighted by atomic mass is 32.2. The molecule has 1 aromatic heterocycles. The molecule has 2 aromatic rings. The Kier molecular flexibility index (Phi) is 5.70. The number of benzene rings is 1. The number of ether oxygens (including phenoxy) is 1. The molecule has 0 spiro atoms. The minimum atomic E-state index is -0.518. The number of aromatic nitrogens is 1. The van der Waals surface area contributed by atoms with E-state index in [0.29, 0.717) is 11.3 Å². The Morgan fingerprint density at radius 3 is 2.60 bits per heavy atom. The van der Waals surface area contributed by atoms with E-state index in [-0.39, 0.29) is 5.97 Å². The molecule has 0 aliphatic heterocycles. The molecule has 20 heavy (non-hydrogen) atoms. The van der Waals surface area contributed by atoms with Gasteiger partial charge in [-0.3, -0.25) is 4.98 Å². The first-order valence-corrected chi connectivity index (χ1v) is 7.35. The average Bonchev–Trinajstić information content (AvgIpc) is 2.53. The van der Waals surface area contributed by atoms with Crippen molar-refractivity contribution in [2.45, 2.75) is 11.0 Å². The van der Waals surface area contributed by atoms with Crippen LogP contribution in [-0.2, 0) is 4.74 Å². The van der Waals surface area contributed by atoms with Crippen LogP contribution in [0.2, 0.25) is 0 Å². The van der Waals surface area contributed by atoms with Crippen LogP contribution in [0.25, 0.3) is 0 Å². The number of rotatable bonds is 6. The van der Waals surface area contributed by atoms with Gasteiger partial charge in [-0.15, -0.1) is 11.8 Å². The van der Waals surface area contributed by atoms with Gasteiger partial charge in [0.15, 0.2) is 0 Å². The Labute approximate surface area is 127 Å². The third-order valence-corrected chi connectivity index (χ3v) is 3.78. The van der Waals surface area contributed by atoms with Crippen LogP contribution >= 0.6 is 24.0 Å². The van der Waals surface area contributed by atoms with Crippen LogP contribution in [0.1, 0.15) is 10.4 Å². The second-order valence-corrected chi connectivity index (χ2v) is 5.20. The summed E-state index contributed by atoms with van der Waals surface area (Å²) in [4.78, 5) is 16.9. The van der Waals surface area contributed by atoms with Crippen molar-refractivity contribution < 1.29 is 9.53 Å². The van der Waals surface area contributed by atoms with Crippen molar-refractivity contribution in [3.05, 3.63) is 60.4 Å². The zero-order valence-electron chi connectivity index (χ0n) is 10.6. The summed E-state index contributed by atoms with van der Waals surface area (Å²) in [6.07, 6.45) is 2.92. The SMILES string of the molecule is O=C(OC([C]=S)CSc1ccncc1)c1ccccc1. The van der Waals surface area contributed by atoms with Crippen molar-refractivity contribution in [2.24, 2.45) is 0 Å². The van der Waals surface area contributed by atoms with Crippen LogP contribution in [-0.4, -0.2) is 28.2 Å². The quantitative estimate of drug-likeness (QED) is 0.465. The lowest BCUT2D eigenvalue weighted by Gasteiger charge is -2.12. The number of thiocarbonyl (C=S) groups is 1. The molecule has 3 nitrogen and oxygen atoms in total. The van der Waals surface area contributed by atoms with Crippen LogP contribution in [0.3, 0.4) is 0 Å². The maximum absolute atomic E-state index is 11.9. The molecule has 0 amide bonds. The molecule has 101 valence electrons. The zero-order valence-corrected chi connectivity index (χ0v) is 12.2. The summed E-state index contributed by atoms with van der Waals surface area (Å²) < 4.78 is 5.32. The highest BCUT2D eigenvalue weighted by Gasteiger charge is 2.14. The Morgan fingerprint density at radius 2 is 1.95 bits per heavy atom. The van der Waals surface area contributed by atoms with E-state index < -0.39 is 6.10 Å². The maximum Gasteiger partial charge on any atom is 0.338 e. The summed E-state index contributed by atoms with van der Waals surface area (Å²) in [6, 6.07) is 12.6. The molecule has 1 atom stereocenters. The van der Waals surface area contributed by atoms with E-state index in [4.69, 9.17) is 17.0 Å². The Hall–Kier alpha value is -1.72. The number of carbonyl (C=O) groups excluding carboxylic acids is 1. The van der Waals surface area contributed by atoms with E-state index in [2.05, 4.69) is 10.4 Å². The number of hydrogen-bond donors (Lipinski definition) is 0. The summed E-state index contributed by atoms with van der Waals surface area (Å²) in [5, 5.41) is 2.58. The largest absolute Gasteiger partial charge is 0.452 e. The van der Waals surface area contributed by atoms with Crippen LogP contribution in [0.5, 0.6) is 0 Å². The number of pyridine rings is 1. The third kappa shape index (κ3) is 4.43. The van der Waals surface area contributed by atoms with Crippen LogP contribution in [0.15, 0.2) is 59.8 Å². The lowest BCUT2D eigenvalue weighted by atomic mass is 10.2. The molecule has 1 unspecified atom stereocenters. The molecular formula is C15H12NO2S2. The minimum absolute atomic E-state index is 0.386. The van der Waals surface area contributed by atoms with Gasteiger partial charge in [0.2, 0.25) is 0 Å². The zero-order chi connectivity index (χ0) is 14.2. The van der Waals surface area contributed by atoms with E-state index in [9.17, 15) is 4.79 Å². The molecule has 0 fully saturated rings. The van der Waals surface area contributed by atoms with E-state index in [1.165, 1.54) is 0 Å². The molecule has 0 saturated carbocycles. The van der Waals surface area contributed by atoms with Gasteiger partial charge in [0.05, 0.1) is 10.9 Å². The smallest absolute Gasteiger partial charge is 0.338 e. The van der Waals surface area contributed by atoms with Crippen molar-refractivity contribution >= 4 is 35.3 Å². The summed E-state index contributed by atoms with van der Waals surface area (Å²) >= 11 is 6.35. The average molecular weight is 302 g/mol. The molecule has 5 heteroatoms. The first-order valence-electron chi connectivity index (χ1n) is 5.96. The molecule has 1 radical (unpaired) electrons. The van der Waals surface area contributed by atoms with Crippen molar-refractivity contribution in [2.75, 3.05) is 5.75 Å². The van der Waals surface area contributed by atoms with E-state index in [1.807, 2.05) is 18.2 Å². The van der Waals surface area contributed by atoms with Gasteiger partial charge in [-0.1, -0.05) is 30.4 Å². The monoisotopic (exact) mass is 302 g/mol. The fourth-order valence-corrected chi connectivity index (χ4v) is 2.52. The first kappa shape index (κ1) is 14.7. The van der Waals surface area contributed by atoms with Gasteiger partial charge in [0.1, 0.15) is 6.10 Å². The highest BCUT2D eigenvalue weighted by Crippen LogP contribution is 2.18. The number of hydrogen-bond acceptors (Lipinski definition) is 5. The standard InChI is InChI=1S/C15H12NO2S2/c17-15(12-4-2-1-3-5-12)18-13(10-19)11-20-14-6-8-16-9-7-14/h1-9,13H,11H2. The molecule has 0 aliphatic rings. The van der Waals surface area contributed by atoms with E-state index in [0.717, 1.165) is 4.90 Å². The molecule has 2 rings (SSSR count). The molecular weight excluding hydrogens is 290 g/mol. The number of thioether (sulfide) groups is 1. The van der Waals surface area contributed by atoms with Gasteiger partial charge >= 0.3 is 5.97 Å². The maximum atomic E-state index is 11.9. The lowest BCUT2D eigenvalue weighted by molar-refractivity contribution is 0.0467. The topological polar surface area (TPSA) is 39.2 Å². The fourth-order valence-electron chi connectivity index (χ4n) is 1.47. The normalized spacial score (nSPS) is 11.6. The number of nitrogens with zero attached hydrogens (tertiary/aromatic N) is 1. The minimum Gasteiger partial charge on any atom is -0.452 e. The van der Waals surface area contributed by atoms with Gasteiger partial charge in [0.25, 0.3) is 0 Å². The van der Waals surface area contributed by atoms with Gasteiger partial charge in [-0.2, -0.15) is 0 Å². The van der Waals surface area contributed by atoms with Crippen molar-refractivity contribution in [1.82, 2.24) is 4.98 Å². The predicted molar refractivity (Wildman–Crippen MR) is 83.2 cm³/mol. The van der Waals surface area contributed by atoms with Gasteiger partial charge in [-0.25, -0.2) is 4.79 Å². The fraction of sp³-hybridized carbons (Fsp3) is 0.133. The highest BCUT2D eigenvalue weighted by molar-refractivity contribution is 7.99. The van der Waals surface area contributed by atoms with Crippen LogP contribution < -0.4 is 0 Å². The predicted octanol–water partition coefficient (Wildman–Crippen LogP) is 3.28. The van der Waals surface area contributed by atoms with Crippen molar-refractivity contribution in [3.8, 4) is 0 Å². The second-order valence-electron chi connectivity index (χ2n) is 3.87. The van der Waals surface area contributed by atoms with Crippen molar-refractivity contribution in [3.63, 3.8) is 0 Å². The van der Waals surface area contributed by atoms with E-state index >= 15 is 0 Å². The Balaban J connectivity index is 1.89. The summed E-state index contributed by atoms with van der Waals surface area (Å²) in [5.41, 5.74) is 0.511. The summed E-state index contributed by atoms with van der Waals surface area (Å²) in [6.45, 7) is 0. The van der Waals surface area contributed by atoms with Gasteiger partial charge in [-0.05, 0) is 24.3 Å².